The molecule has 1 aliphatic rings. The summed E-state index contributed by atoms with van der Waals surface area (Å²) in [5.74, 6) is 1.81. The number of hydrogen-bond donors (Lipinski definition) is 0. The minimum atomic E-state index is 0.899. The standard InChI is InChI=1S/C23H23NO/c1-3-4-7-18-11-13-19(14-12-18)24-20-8-5-6-9-22(20)25-23-16-17(2)10-15-21(23)24/h5-6,8-16H,3-4,7H2,1-2H3. The zero-order chi connectivity index (χ0) is 17.2. The van der Waals surface area contributed by atoms with Gasteiger partial charge in [-0.3, -0.25) is 0 Å². The number of unbranched alkanes of at least 4 members (excludes halogenated alkanes) is 1. The lowest BCUT2D eigenvalue weighted by atomic mass is 10.1. The molecule has 0 N–H and O–H groups in total. The fourth-order valence-corrected chi connectivity index (χ4v) is 3.34. The van der Waals surface area contributed by atoms with E-state index in [0.717, 1.165) is 29.3 Å². The van der Waals surface area contributed by atoms with Crippen LogP contribution in [0.2, 0.25) is 0 Å². The number of aryl methyl sites for hydroxylation is 2. The van der Waals surface area contributed by atoms with E-state index in [-0.39, 0.29) is 0 Å². The second-order valence-corrected chi connectivity index (χ2v) is 6.65. The molecule has 0 aliphatic carbocycles. The third kappa shape index (κ3) is 3.00. The Morgan fingerprint density at radius 2 is 1.60 bits per heavy atom. The van der Waals surface area contributed by atoms with Crippen molar-refractivity contribution in [2.45, 2.75) is 33.1 Å². The van der Waals surface area contributed by atoms with Crippen molar-refractivity contribution in [1.29, 1.82) is 0 Å². The molecular weight excluding hydrogens is 306 g/mol. The molecule has 1 heterocycles. The molecule has 0 unspecified atom stereocenters. The Labute approximate surface area is 149 Å². The molecule has 2 heteroatoms. The summed E-state index contributed by atoms with van der Waals surface area (Å²) in [6, 6.07) is 23.5. The first-order valence-corrected chi connectivity index (χ1v) is 9.03. The zero-order valence-electron chi connectivity index (χ0n) is 14.8. The Kier molecular flexibility index (Phi) is 4.19. The van der Waals surface area contributed by atoms with E-state index in [9.17, 15) is 0 Å². The van der Waals surface area contributed by atoms with Crippen molar-refractivity contribution in [2.24, 2.45) is 0 Å². The molecule has 0 spiro atoms. The van der Waals surface area contributed by atoms with E-state index >= 15 is 0 Å². The Bertz CT molecular complexity index is 883. The van der Waals surface area contributed by atoms with Gasteiger partial charge < -0.3 is 9.64 Å². The molecule has 1 aliphatic heterocycles. The highest BCUT2D eigenvalue weighted by molar-refractivity contribution is 5.86. The number of hydrogen-bond acceptors (Lipinski definition) is 2. The summed E-state index contributed by atoms with van der Waals surface area (Å²) >= 11 is 0. The van der Waals surface area contributed by atoms with Gasteiger partial charge in [0.1, 0.15) is 0 Å². The lowest BCUT2D eigenvalue weighted by molar-refractivity contribution is 0.476. The van der Waals surface area contributed by atoms with Crippen LogP contribution >= 0.6 is 0 Å². The molecule has 0 saturated heterocycles. The second kappa shape index (κ2) is 6.64. The van der Waals surface area contributed by atoms with E-state index in [0.29, 0.717) is 0 Å². The average Bonchev–Trinajstić information content (AvgIpc) is 2.65. The summed E-state index contributed by atoms with van der Waals surface area (Å²) in [4.78, 5) is 2.29. The molecule has 0 radical (unpaired) electrons. The topological polar surface area (TPSA) is 12.5 Å². The number of nitrogens with zero attached hydrogens (tertiary/aromatic N) is 1. The average molecular weight is 329 g/mol. The maximum absolute atomic E-state index is 6.15. The number of ether oxygens (including phenoxy) is 1. The van der Waals surface area contributed by atoms with Gasteiger partial charge in [-0.1, -0.05) is 43.7 Å². The van der Waals surface area contributed by atoms with Crippen molar-refractivity contribution >= 4 is 17.1 Å². The highest BCUT2D eigenvalue weighted by atomic mass is 16.5. The molecule has 0 saturated carbocycles. The van der Waals surface area contributed by atoms with E-state index < -0.39 is 0 Å². The van der Waals surface area contributed by atoms with Gasteiger partial charge in [0.15, 0.2) is 11.5 Å². The number of para-hydroxylation sites is 2. The predicted molar refractivity (Wildman–Crippen MR) is 105 cm³/mol. The van der Waals surface area contributed by atoms with Gasteiger partial charge in [0, 0.05) is 5.69 Å². The fraction of sp³-hybridized carbons (Fsp3) is 0.217. The van der Waals surface area contributed by atoms with Crippen molar-refractivity contribution in [3.8, 4) is 11.5 Å². The van der Waals surface area contributed by atoms with Gasteiger partial charge in [-0.25, -0.2) is 0 Å². The van der Waals surface area contributed by atoms with Crippen LogP contribution in [0.4, 0.5) is 17.1 Å². The summed E-state index contributed by atoms with van der Waals surface area (Å²) in [6.07, 6.45) is 3.61. The van der Waals surface area contributed by atoms with Gasteiger partial charge in [-0.05, 0) is 67.3 Å². The molecule has 2 nitrogen and oxygen atoms in total. The molecule has 0 atom stereocenters. The summed E-state index contributed by atoms with van der Waals surface area (Å²) in [7, 11) is 0. The van der Waals surface area contributed by atoms with E-state index in [2.05, 4.69) is 73.3 Å². The number of fused-ring (bicyclic) bond motifs is 2. The first-order valence-electron chi connectivity index (χ1n) is 9.03. The zero-order valence-corrected chi connectivity index (χ0v) is 14.8. The van der Waals surface area contributed by atoms with Crippen LogP contribution in [0, 0.1) is 6.92 Å². The Morgan fingerprint density at radius 3 is 2.40 bits per heavy atom. The van der Waals surface area contributed by atoms with Crippen LogP contribution in [0.15, 0.2) is 66.7 Å². The molecule has 126 valence electrons. The second-order valence-electron chi connectivity index (χ2n) is 6.65. The smallest absolute Gasteiger partial charge is 0.151 e. The highest BCUT2D eigenvalue weighted by Crippen LogP contribution is 2.50. The Morgan fingerprint density at radius 1 is 0.840 bits per heavy atom. The largest absolute Gasteiger partial charge is 0.453 e. The third-order valence-corrected chi connectivity index (χ3v) is 4.70. The summed E-state index contributed by atoms with van der Waals surface area (Å²) in [5.41, 5.74) is 5.94. The van der Waals surface area contributed by atoms with Crippen LogP contribution in [0.1, 0.15) is 30.9 Å². The normalized spacial score (nSPS) is 12.3. The van der Waals surface area contributed by atoms with Gasteiger partial charge in [-0.15, -0.1) is 0 Å². The summed E-state index contributed by atoms with van der Waals surface area (Å²) < 4.78 is 6.15. The van der Waals surface area contributed by atoms with Crippen molar-refractivity contribution in [2.75, 3.05) is 4.90 Å². The number of benzene rings is 3. The predicted octanol–water partition coefficient (Wildman–Crippen LogP) is 6.91. The van der Waals surface area contributed by atoms with Gasteiger partial charge >= 0.3 is 0 Å². The van der Waals surface area contributed by atoms with Gasteiger partial charge in [0.05, 0.1) is 11.4 Å². The quantitative estimate of drug-likeness (QED) is 0.403. The molecule has 25 heavy (non-hydrogen) atoms. The van der Waals surface area contributed by atoms with Crippen molar-refractivity contribution in [3.63, 3.8) is 0 Å². The monoisotopic (exact) mass is 329 g/mol. The number of anilines is 3. The van der Waals surface area contributed by atoms with Crippen LogP contribution in [-0.4, -0.2) is 0 Å². The van der Waals surface area contributed by atoms with E-state index in [1.54, 1.807) is 0 Å². The molecule has 0 fully saturated rings. The van der Waals surface area contributed by atoms with Crippen LogP contribution in [0.25, 0.3) is 0 Å². The summed E-state index contributed by atoms with van der Waals surface area (Å²) in [6.45, 7) is 4.33. The first kappa shape index (κ1) is 15.8. The molecular formula is C23H23NO. The van der Waals surface area contributed by atoms with Gasteiger partial charge in [0.25, 0.3) is 0 Å². The molecule has 0 amide bonds. The minimum absolute atomic E-state index is 0.899. The van der Waals surface area contributed by atoms with E-state index in [1.807, 2.05) is 12.1 Å². The van der Waals surface area contributed by atoms with Crippen molar-refractivity contribution in [1.82, 2.24) is 0 Å². The maximum Gasteiger partial charge on any atom is 0.151 e. The third-order valence-electron chi connectivity index (χ3n) is 4.70. The van der Waals surface area contributed by atoms with Crippen molar-refractivity contribution in [3.05, 3.63) is 77.9 Å². The lowest BCUT2D eigenvalue weighted by Crippen LogP contribution is -2.15. The van der Waals surface area contributed by atoms with Crippen LogP contribution in [0.3, 0.4) is 0 Å². The molecule has 0 aromatic heterocycles. The molecule has 3 aromatic rings. The molecule has 4 rings (SSSR count). The fourth-order valence-electron chi connectivity index (χ4n) is 3.34. The SMILES string of the molecule is CCCCc1ccc(N2c3ccccc3Oc3cc(C)ccc32)cc1. The van der Waals surface area contributed by atoms with E-state index in [1.165, 1.54) is 29.7 Å². The van der Waals surface area contributed by atoms with Crippen LogP contribution in [-0.2, 0) is 6.42 Å². The first-order chi connectivity index (χ1) is 12.3. The number of rotatable bonds is 4. The summed E-state index contributed by atoms with van der Waals surface area (Å²) in [5, 5.41) is 0. The molecule has 3 aromatic carbocycles. The van der Waals surface area contributed by atoms with Crippen LogP contribution in [0.5, 0.6) is 11.5 Å². The van der Waals surface area contributed by atoms with Crippen molar-refractivity contribution < 1.29 is 4.74 Å². The Hall–Kier alpha value is -2.74. The van der Waals surface area contributed by atoms with Gasteiger partial charge in [-0.2, -0.15) is 0 Å². The minimum Gasteiger partial charge on any atom is -0.453 e. The van der Waals surface area contributed by atoms with E-state index in [4.69, 9.17) is 4.74 Å². The molecule has 0 bridgehead atoms. The Balaban J connectivity index is 1.78. The highest BCUT2D eigenvalue weighted by Gasteiger charge is 2.25. The van der Waals surface area contributed by atoms with Crippen LogP contribution < -0.4 is 9.64 Å². The maximum atomic E-state index is 6.15. The van der Waals surface area contributed by atoms with Gasteiger partial charge in [0.2, 0.25) is 0 Å². The lowest BCUT2D eigenvalue weighted by Gasteiger charge is -2.33.